The van der Waals surface area contributed by atoms with Crippen LogP contribution in [0.2, 0.25) is 5.28 Å². The number of benzene rings is 1. The van der Waals surface area contributed by atoms with Crippen LogP contribution in [0.3, 0.4) is 0 Å². The molecule has 20 heavy (non-hydrogen) atoms. The number of hydrogen-bond acceptors (Lipinski definition) is 5. The summed E-state index contributed by atoms with van der Waals surface area (Å²) < 4.78 is 16.2. The Hall–Kier alpha value is -2.01. The summed E-state index contributed by atoms with van der Waals surface area (Å²) in [6.45, 7) is 1.92. The molecule has 0 saturated carbocycles. The standard InChI is InChI=1S/C14H15ClN2O3/c1-9(20-13-7-16-14(15)17-8-13)10-4-11(18-2)6-12(5-10)19-3/h4-9H,1-3H3/t9-/m1/s1. The van der Waals surface area contributed by atoms with Gasteiger partial charge >= 0.3 is 0 Å². The minimum Gasteiger partial charge on any atom is -0.497 e. The van der Waals surface area contributed by atoms with E-state index in [4.69, 9.17) is 25.8 Å². The van der Waals surface area contributed by atoms with E-state index >= 15 is 0 Å². The Labute approximate surface area is 122 Å². The molecule has 0 radical (unpaired) electrons. The van der Waals surface area contributed by atoms with Gasteiger partial charge in [0.15, 0.2) is 5.75 Å². The Balaban J connectivity index is 2.19. The molecule has 2 rings (SSSR count). The lowest BCUT2D eigenvalue weighted by molar-refractivity contribution is 0.224. The van der Waals surface area contributed by atoms with E-state index in [0.717, 1.165) is 5.56 Å². The van der Waals surface area contributed by atoms with Gasteiger partial charge in [-0.15, -0.1) is 0 Å². The number of rotatable bonds is 5. The van der Waals surface area contributed by atoms with Gasteiger partial charge in [-0.3, -0.25) is 0 Å². The lowest BCUT2D eigenvalue weighted by Gasteiger charge is -2.16. The second kappa shape index (κ2) is 6.43. The minimum atomic E-state index is -0.205. The molecule has 0 bridgehead atoms. The summed E-state index contributed by atoms with van der Waals surface area (Å²) in [7, 11) is 3.22. The van der Waals surface area contributed by atoms with Crippen LogP contribution in [0, 0.1) is 0 Å². The van der Waals surface area contributed by atoms with E-state index in [1.165, 1.54) is 12.4 Å². The fourth-order valence-electron chi connectivity index (χ4n) is 1.70. The van der Waals surface area contributed by atoms with Gasteiger partial charge in [0.2, 0.25) is 5.28 Å². The van der Waals surface area contributed by atoms with Crippen LogP contribution >= 0.6 is 11.6 Å². The third kappa shape index (κ3) is 3.51. The Morgan fingerprint density at radius 3 is 2.00 bits per heavy atom. The summed E-state index contributed by atoms with van der Waals surface area (Å²) >= 11 is 5.63. The van der Waals surface area contributed by atoms with Crippen LogP contribution < -0.4 is 14.2 Å². The average Bonchev–Trinajstić information content (AvgIpc) is 2.48. The summed E-state index contributed by atoms with van der Waals surface area (Å²) in [5.41, 5.74) is 0.927. The highest BCUT2D eigenvalue weighted by atomic mass is 35.5. The number of halogens is 1. The first-order valence-electron chi connectivity index (χ1n) is 5.99. The SMILES string of the molecule is COc1cc(OC)cc([C@@H](C)Oc2cnc(Cl)nc2)c1. The topological polar surface area (TPSA) is 53.5 Å². The van der Waals surface area contributed by atoms with E-state index in [2.05, 4.69) is 9.97 Å². The Morgan fingerprint density at radius 1 is 0.950 bits per heavy atom. The summed E-state index contributed by atoms with van der Waals surface area (Å²) in [5, 5.41) is 0.188. The maximum atomic E-state index is 5.76. The molecule has 5 nitrogen and oxygen atoms in total. The van der Waals surface area contributed by atoms with Crippen molar-refractivity contribution in [3.63, 3.8) is 0 Å². The fourth-order valence-corrected chi connectivity index (χ4v) is 1.80. The zero-order valence-corrected chi connectivity index (χ0v) is 12.2. The van der Waals surface area contributed by atoms with Crippen LogP contribution in [-0.4, -0.2) is 24.2 Å². The van der Waals surface area contributed by atoms with E-state index in [0.29, 0.717) is 17.2 Å². The third-order valence-corrected chi connectivity index (χ3v) is 2.95. The highest BCUT2D eigenvalue weighted by Gasteiger charge is 2.11. The van der Waals surface area contributed by atoms with E-state index in [1.807, 2.05) is 25.1 Å². The average molecular weight is 295 g/mol. The highest BCUT2D eigenvalue weighted by molar-refractivity contribution is 6.28. The van der Waals surface area contributed by atoms with Gasteiger partial charge in [-0.2, -0.15) is 0 Å². The first-order valence-corrected chi connectivity index (χ1v) is 6.37. The van der Waals surface area contributed by atoms with Crippen molar-refractivity contribution < 1.29 is 14.2 Å². The molecule has 0 fully saturated rings. The predicted octanol–water partition coefficient (Wildman–Crippen LogP) is 3.29. The molecule has 1 aromatic carbocycles. The van der Waals surface area contributed by atoms with Gasteiger partial charge in [0.25, 0.3) is 0 Å². The number of ether oxygens (including phenoxy) is 3. The van der Waals surface area contributed by atoms with Gasteiger partial charge in [0, 0.05) is 6.07 Å². The van der Waals surface area contributed by atoms with Crippen molar-refractivity contribution >= 4 is 11.6 Å². The van der Waals surface area contributed by atoms with Crippen LogP contribution in [0.25, 0.3) is 0 Å². The van der Waals surface area contributed by atoms with Crippen molar-refractivity contribution in [1.82, 2.24) is 9.97 Å². The maximum absolute atomic E-state index is 5.76. The highest BCUT2D eigenvalue weighted by Crippen LogP contribution is 2.28. The molecular weight excluding hydrogens is 280 g/mol. The van der Waals surface area contributed by atoms with Crippen LogP contribution in [0.15, 0.2) is 30.6 Å². The van der Waals surface area contributed by atoms with Crippen molar-refractivity contribution in [2.45, 2.75) is 13.0 Å². The van der Waals surface area contributed by atoms with Crippen molar-refractivity contribution in [2.75, 3.05) is 14.2 Å². The molecule has 1 aromatic heterocycles. The van der Waals surface area contributed by atoms with E-state index < -0.39 is 0 Å². The van der Waals surface area contributed by atoms with Crippen molar-refractivity contribution in [1.29, 1.82) is 0 Å². The number of nitrogens with zero attached hydrogens (tertiary/aromatic N) is 2. The smallest absolute Gasteiger partial charge is 0.222 e. The molecule has 0 aliphatic carbocycles. The number of methoxy groups -OCH3 is 2. The first kappa shape index (κ1) is 14.4. The molecule has 0 aliphatic heterocycles. The second-order valence-electron chi connectivity index (χ2n) is 4.09. The van der Waals surface area contributed by atoms with Crippen LogP contribution in [0.4, 0.5) is 0 Å². The molecular formula is C14H15ClN2O3. The Bertz CT molecular complexity index is 553. The molecule has 1 heterocycles. The first-order chi connectivity index (χ1) is 9.62. The molecule has 2 aromatic rings. The summed E-state index contributed by atoms with van der Waals surface area (Å²) in [6.07, 6.45) is 2.86. The van der Waals surface area contributed by atoms with Crippen LogP contribution in [0.1, 0.15) is 18.6 Å². The van der Waals surface area contributed by atoms with Crippen molar-refractivity contribution in [3.8, 4) is 17.2 Å². The fraction of sp³-hybridized carbons (Fsp3) is 0.286. The van der Waals surface area contributed by atoms with E-state index in [-0.39, 0.29) is 11.4 Å². The molecule has 0 spiro atoms. The largest absolute Gasteiger partial charge is 0.497 e. The van der Waals surface area contributed by atoms with E-state index in [1.54, 1.807) is 14.2 Å². The Morgan fingerprint density at radius 2 is 1.50 bits per heavy atom. The molecule has 0 saturated heterocycles. The maximum Gasteiger partial charge on any atom is 0.222 e. The van der Waals surface area contributed by atoms with Gasteiger partial charge in [-0.05, 0) is 36.2 Å². The van der Waals surface area contributed by atoms with Gasteiger partial charge in [0.1, 0.15) is 17.6 Å². The molecule has 1 atom stereocenters. The van der Waals surface area contributed by atoms with Gasteiger partial charge in [-0.25, -0.2) is 9.97 Å². The zero-order chi connectivity index (χ0) is 14.5. The second-order valence-corrected chi connectivity index (χ2v) is 4.43. The minimum absolute atomic E-state index is 0.188. The summed E-state index contributed by atoms with van der Waals surface area (Å²) in [4.78, 5) is 7.75. The molecule has 0 amide bonds. The summed E-state index contributed by atoms with van der Waals surface area (Å²) in [5.74, 6) is 1.97. The van der Waals surface area contributed by atoms with Gasteiger partial charge in [-0.1, -0.05) is 0 Å². The van der Waals surface area contributed by atoms with Crippen molar-refractivity contribution in [2.24, 2.45) is 0 Å². The lowest BCUT2D eigenvalue weighted by atomic mass is 10.1. The number of hydrogen-bond donors (Lipinski definition) is 0. The molecule has 6 heteroatoms. The molecule has 0 unspecified atom stereocenters. The van der Waals surface area contributed by atoms with Gasteiger partial charge < -0.3 is 14.2 Å². The predicted molar refractivity (Wildman–Crippen MR) is 75.6 cm³/mol. The third-order valence-electron chi connectivity index (χ3n) is 2.75. The zero-order valence-electron chi connectivity index (χ0n) is 11.5. The van der Waals surface area contributed by atoms with E-state index in [9.17, 15) is 0 Å². The monoisotopic (exact) mass is 294 g/mol. The van der Waals surface area contributed by atoms with Gasteiger partial charge in [0.05, 0.1) is 26.6 Å². The van der Waals surface area contributed by atoms with Crippen LogP contribution in [-0.2, 0) is 0 Å². The van der Waals surface area contributed by atoms with Crippen molar-refractivity contribution in [3.05, 3.63) is 41.4 Å². The quantitative estimate of drug-likeness (QED) is 0.792. The Kier molecular flexibility index (Phi) is 4.63. The molecule has 106 valence electrons. The lowest BCUT2D eigenvalue weighted by Crippen LogP contribution is -2.04. The summed E-state index contributed by atoms with van der Waals surface area (Å²) in [6, 6.07) is 5.59. The molecule has 0 aliphatic rings. The normalized spacial score (nSPS) is 11.8. The number of aromatic nitrogens is 2. The molecule has 0 N–H and O–H groups in total. The van der Waals surface area contributed by atoms with Crippen LogP contribution in [0.5, 0.6) is 17.2 Å².